The van der Waals surface area contributed by atoms with Crippen LogP contribution >= 0.6 is 11.3 Å². The highest BCUT2D eigenvalue weighted by molar-refractivity contribution is 7.17. The Kier molecular flexibility index (Phi) is 7.78. The molecule has 37 heavy (non-hydrogen) atoms. The molecule has 4 rings (SSSR count). The lowest BCUT2D eigenvalue weighted by atomic mass is 9.96. The van der Waals surface area contributed by atoms with Crippen LogP contribution in [0.2, 0.25) is 0 Å². The number of rotatable bonds is 9. The summed E-state index contributed by atoms with van der Waals surface area (Å²) in [6.45, 7) is 7.63. The zero-order valence-electron chi connectivity index (χ0n) is 20.3. The molecule has 1 aliphatic rings. The molecule has 0 radical (unpaired) electrons. The number of ketones is 1. The maximum Gasteiger partial charge on any atom is 0.350 e. The number of carbonyl (C=O) groups excluding carboxylic acids is 3. The average molecular weight is 520 g/mol. The topological polar surface area (TPSA) is 119 Å². The van der Waals surface area contributed by atoms with E-state index in [1.807, 2.05) is 6.92 Å². The average Bonchev–Trinajstić information content (AvgIpc) is 3.42. The van der Waals surface area contributed by atoms with Gasteiger partial charge < -0.3 is 14.6 Å². The molecule has 0 spiro atoms. The Balaban J connectivity index is 1.83. The highest BCUT2D eigenvalue weighted by atomic mass is 32.1. The molecule has 1 aliphatic heterocycles. The molecule has 1 aromatic carbocycles. The number of hydrogen-bond donors (Lipinski definition) is 1. The van der Waals surface area contributed by atoms with E-state index in [-0.39, 0.29) is 27.9 Å². The number of Topliss-reactive ketones (excluding diaryl/α,β-unsaturated/α-hetero) is 1. The van der Waals surface area contributed by atoms with Gasteiger partial charge in [0, 0.05) is 18.0 Å². The quantitative estimate of drug-likeness (QED) is 0.143. The fourth-order valence-electron chi connectivity index (χ4n) is 3.87. The summed E-state index contributed by atoms with van der Waals surface area (Å²) in [5.74, 6) is -2.17. The predicted molar refractivity (Wildman–Crippen MR) is 139 cm³/mol. The second kappa shape index (κ2) is 11.2. The van der Waals surface area contributed by atoms with Gasteiger partial charge in [0.15, 0.2) is 5.13 Å². The van der Waals surface area contributed by atoms with Gasteiger partial charge in [-0.3, -0.25) is 19.5 Å². The minimum absolute atomic E-state index is 0.0219. The second-order valence-corrected chi connectivity index (χ2v) is 9.10. The number of benzene rings is 1. The Morgan fingerprint density at radius 2 is 2.00 bits per heavy atom. The number of aliphatic hydroxyl groups excluding tert-OH is 1. The first-order chi connectivity index (χ1) is 17.9. The Hall–Kier alpha value is -4.31. The van der Waals surface area contributed by atoms with Crippen LogP contribution in [0, 0.1) is 6.92 Å². The zero-order chi connectivity index (χ0) is 26.5. The van der Waals surface area contributed by atoms with Crippen LogP contribution in [0.5, 0.6) is 5.75 Å². The molecule has 2 aromatic heterocycles. The first-order valence-corrected chi connectivity index (χ1v) is 12.4. The molecule has 10 heteroatoms. The molecule has 0 bridgehead atoms. The maximum absolute atomic E-state index is 13.3. The number of aryl methyl sites for hydroxylation is 1. The molecule has 1 amide bonds. The molecule has 0 saturated carbocycles. The maximum atomic E-state index is 13.3. The molecule has 1 fully saturated rings. The largest absolute Gasteiger partial charge is 0.507 e. The number of anilines is 1. The van der Waals surface area contributed by atoms with Gasteiger partial charge in [-0.1, -0.05) is 43.0 Å². The summed E-state index contributed by atoms with van der Waals surface area (Å²) >= 11 is 0.934. The van der Waals surface area contributed by atoms with E-state index in [1.54, 1.807) is 43.3 Å². The summed E-state index contributed by atoms with van der Waals surface area (Å²) in [4.78, 5) is 49.0. The van der Waals surface area contributed by atoms with E-state index in [0.29, 0.717) is 29.2 Å². The van der Waals surface area contributed by atoms with E-state index in [4.69, 9.17) is 9.47 Å². The van der Waals surface area contributed by atoms with E-state index in [0.717, 1.165) is 17.8 Å². The molecule has 3 heterocycles. The van der Waals surface area contributed by atoms with Gasteiger partial charge in [0.2, 0.25) is 0 Å². The zero-order valence-corrected chi connectivity index (χ0v) is 21.2. The second-order valence-electron chi connectivity index (χ2n) is 8.12. The number of amides is 1. The van der Waals surface area contributed by atoms with Crippen molar-refractivity contribution in [3.63, 3.8) is 0 Å². The number of hydrogen-bond acceptors (Lipinski definition) is 9. The Bertz CT molecular complexity index is 1380. The van der Waals surface area contributed by atoms with Crippen LogP contribution < -0.4 is 9.64 Å². The van der Waals surface area contributed by atoms with Crippen LogP contribution in [0.4, 0.5) is 5.13 Å². The normalized spacial score (nSPS) is 16.6. The highest BCUT2D eigenvalue weighted by Crippen LogP contribution is 2.44. The lowest BCUT2D eigenvalue weighted by molar-refractivity contribution is -0.132. The van der Waals surface area contributed by atoms with Crippen molar-refractivity contribution >= 4 is 39.9 Å². The van der Waals surface area contributed by atoms with Gasteiger partial charge in [0.25, 0.3) is 5.78 Å². The smallest absolute Gasteiger partial charge is 0.350 e. The van der Waals surface area contributed by atoms with Gasteiger partial charge in [-0.05, 0) is 43.2 Å². The number of pyridine rings is 1. The van der Waals surface area contributed by atoms with Crippen molar-refractivity contribution in [2.75, 3.05) is 18.1 Å². The summed E-state index contributed by atoms with van der Waals surface area (Å²) < 4.78 is 10.8. The predicted octanol–water partition coefficient (Wildman–Crippen LogP) is 4.60. The lowest BCUT2D eigenvalue weighted by Crippen LogP contribution is -2.29. The summed E-state index contributed by atoms with van der Waals surface area (Å²) in [6, 6.07) is 9.00. The minimum Gasteiger partial charge on any atom is -0.507 e. The van der Waals surface area contributed by atoms with Crippen molar-refractivity contribution in [1.82, 2.24) is 9.97 Å². The first kappa shape index (κ1) is 25.8. The molecule has 190 valence electrons. The van der Waals surface area contributed by atoms with Gasteiger partial charge in [-0.15, -0.1) is 0 Å². The van der Waals surface area contributed by atoms with Crippen LogP contribution in [0.15, 0.2) is 67.0 Å². The standard InChI is InChI=1S/C27H25N3O6S/c1-4-13-35-19-8-6-7-18(15-19)22(31)20-21(17-9-11-28-12-10-17)30(25(33)23(20)32)27-29-16(3)24(37-27)26(34)36-14-5-2/h5-12,15,21,31H,2,4,13-14H2,1,3H3/b22-20+. The highest BCUT2D eigenvalue weighted by Gasteiger charge is 2.48. The van der Waals surface area contributed by atoms with Gasteiger partial charge in [0.05, 0.1) is 23.9 Å². The van der Waals surface area contributed by atoms with Gasteiger partial charge in [-0.25, -0.2) is 9.78 Å². The van der Waals surface area contributed by atoms with Crippen molar-refractivity contribution in [2.45, 2.75) is 26.3 Å². The Morgan fingerprint density at radius 1 is 1.24 bits per heavy atom. The van der Waals surface area contributed by atoms with Crippen molar-refractivity contribution in [1.29, 1.82) is 0 Å². The molecule has 1 unspecified atom stereocenters. The molecule has 1 atom stereocenters. The van der Waals surface area contributed by atoms with E-state index >= 15 is 0 Å². The van der Waals surface area contributed by atoms with Crippen molar-refractivity contribution < 1.29 is 29.0 Å². The SMILES string of the molecule is C=CCOC(=O)c1sc(N2C(=O)C(=O)/C(=C(/O)c3cccc(OCCC)c3)C2c2ccncc2)nc1C. The Labute approximate surface area is 217 Å². The van der Waals surface area contributed by atoms with E-state index in [1.165, 1.54) is 23.4 Å². The molecule has 0 aliphatic carbocycles. The van der Waals surface area contributed by atoms with Gasteiger partial charge in [-0.2, -0.15) is 0 Å². The van der Waals surface area contributed by atoms with Gasteiger partial charge >= 0.3 is 11.9 Å². The number of aliphatic hydroxyl groups is 1. The fraction of sp³-hybridized carbons (Fsp3) is 0.222. The third-order valence-corrected chi connectivity index (χ3v) is 6.69. The van der Waals surface area contributed by atoms with Crippen LogP contribution in [0.3, 0.4) is 0 Å². The van der Waals surface area contributed by atoms with Gasteiger partial charge in [0.1, 0.15) is 23.0 Å². The first-order valence-electron chi connectivity index (χ1n) is 11.6. The van der Waals surface area contributed by atoms with Crippen LogP contribution in [-0.4, -0.2) is 45.9 Å². The molecular formula is C27H25N3O6S. The van der Waals surface area contributed by atoms with E-state index < -0.39 is 23.7 Å². The van der Waals surface area contributed by atoms with Crippen molar-refractivity contribution in [3.05, 3.63) is 88.7 Å². The van der Waals surface area contributed by atoms with E-state index in [2.05, 4.69) is 16.5 Å². The molecular weight excluding hydrogens is 494 g/mol. The minimum atomic E-state index is -0.995. The number of ether oxygens (including phenoxy) is 2. The monoisotopic (exact) mass is 519 g/mol. The lowest BCUT2D eigenvalue weighted by Gasteiger charge is -2.22. The number of esters is 1. The third kappa shape index (κ3) is 5.14. The third-order valence-electron chi connectivity index (χ3n) is 5.56. The number of aromatic nitrogens is 2. The Morgan fingerprint density at radius 3 is 2.70 bits per heavy atom. The van der Waals surface area contributed by atoms with Crippen LogP contribution in [0.25, 0.3) is 5.76 Å². The van der Waals surface area contributed by atoms with E-state index in [9.17, 15) is 19.5 Å². The van der Waals surface area contributed by atoms with Crippen molar-refractivity contribution in [3.8, 4) is 5.75 Å². The summed E-state index contributed by atoms with van der Waals surface area (Å²) in [6.07, 6.45) is 5.30. The molecule has 9 nitrogen and oxygen atoms in total. The number of nitrogens with zero attached hydrogens (tertiary/aromatic N) is 3. The van der Waals surface area contributed by atoms with Crippen molar-refractivity contribution in [2.24, 2.45) is 0 Å². The van der Waals surface area contributed by atoms with Crippen LogP contribution in [-0.2, 0) is 14.3 Å². The molecule has 1 saturated heterocycles. The number of thiazole rings is 1. The summed E-state index contributed by atoms with van der Waals surface area (Å²) in [7, 11) is 0. The fourth-order valence-corrected chi connectivity index (χ4v) is 4.86. The molecule has 1 N–H and O–H groups in total. The number of carbonyl (C=O) groups is 3. The van der Waals surface area contributed by atoms with Crippen LogP contribution in [0.1, 0.15) is 45.9 Å². The molecule has 3 aromatic rings. The summed E-state index contributed by atoms with van der Waals surface area (Å²) in [5, 5.41) is 11.4. The summed E-state index contributed by atoms with van der Waals surface area (Å²) in [5.41, 5.74) is 1.12.